The van der Waals surface area contributed by atoms with Gasteiger partial charge in [0.15, 0.2) is 0 Å². The number of benzene rings is 1. The lowest BCUT2D eigenvalue weighted by Crippen LogP contribution is -2.42. The van der Waals surface area contributed by atoms with Gasteiger partial charge in [-0.1, -0.05) is 26.3 Å². The van der Waals surface area contributed by atoms with Gasteiger partial charge in [0.1, 0.15) is 5.75 Å². The first kappa shape index (κ1) is 14.9. The average molecular weight is 288 g/mol. The highest BCUT2D eigenvalue weighted by Crippen LogP contribution is 2.59. The Kier molecular flexibility index (Phi) is 3.77. The van der Waals surface area contributed by atoms with Crippen molar-refractivity contribution in [3.63, 3.8) is 0 Å². The molecule has 0 bridgehead atoms. The molecule has 5 atom stereocenters. The molecule has 2 aliphatic carbocycles. The summed E-state index contributed by atoms with van der Waals surface area (Å²) < 4.78 is 0. The van der Waals surface area contributed by atoms with Crippen LogP contribution in [0.2, 0.25) is 0 Å². The Morgan fingerprint density at radius 2 is 2.00 bits per heavy atom. The van der Waals surface area contributed by atoms with E-state index in [9.17, 15) is 10.2 Å². The van der Waals surface area contributed by atoms with Crippen LogP contribution in [0.15, 0.2) is 18.2 Å². The number of hydrogen-bond donors (Lipinski definition) is 2. The molecule has 2 saturated carbocycles. The van der Waals surface area contributed by atoms with E-state index in [0.29, 0.717) is 23.5 Å². The molecule has 4 unspecified atom stereocenters. The number of aromatic hydroxyl groups is 1. The van der Waals surface area contributed by atoms with E-state index < -0.39 is 0 Å². The minimum Gasteiger partial charge on any atom is -0.508 e. The second-order valence-corrected chi connectivity index (χ2v) is 7.46. The van der Waals surface area contributed by atoms with Crippen molar-refractivity contribution < 1.29 is 10.2 Å². The van der Waals surface area contributed by atoms with Crippen molar-refractivity contribution in [2.24, 2.45) is 17.3 Å². The van der Waals surface area contributed by atoms with E-state index in [4.69, 9.17) is 0 Å². The number of aliphatic hydroxyl groups is 1. The molecule has 0 spiro atoms. The van der Waals surface area contributed by atoms with Crippen molar-refractivity contribution >= 4 is 0 Å². The molecule has 2 aliphatic rings. The van der Waals surface area contributed by atoms with Crippen molar-refractivity contribution in [3.05, 3.63) is 29.3 Å². The van der Waals surface area contributed by atoms with E-state index in [2.05, 4.69) is 26.8 Å². The van der Waals surface area contributed by atoms with Crippen molar-refractivity contribution in [1.29, 1.82) is 0 Å². The van der Waals surface area contributed by atoms with Gasteiger partial charge in [-0.3, -0.25) is 0 Å². The zero-order valence-electron chi connectivity index (χ0n) is 13.5. The van der Waals surface area contributed by atoms with Gasteiger partial charge in [0.25, 0.3) is 0 Å². The number of aryl methyl sites for hydroxylation is 1. The van der Waals surface area contributed by atoms with Crippen molar-refractivity contribution in [1.82, 2.24) is 0 Å². The van der Waals surface area contributed by atoms with Crippen LogP contribution in [0.4, 0.5) is 0 Å². The standard InChI is InChI=1S/C19H28O2/c1-4-14-16(15-6-5-13(20)11-12(15)2)9-10-19(3)17(14)7-8-18(19)21/h5-6,11,14,16-18,20-21H,4,7-10H2,1-3H3/t14?,16-,17?,18?,19?/m0/s1. The summed E-state index contributed by atoms with van der Waals surface area (Å²) in [6, 6.07) is 5.83. The molecule has 2 N–H and O–H groups in total. The fourth-order valence-electron chi connectivity index (χ4n) is 5.29. The van der Waals surface area contributed by atoms with Gasteiger partial charge in [0.2, 0.25) is 0 Å². The maximum Gasteiger partial charge on any atom is 0.115 e. The number of fused-ring (bicyclic) bond motifs is 1. The highest BCUT2D eigenvalue weighted by Gasteiger charge is 2.53. The maximum absolute atomic E-state index is 10.4. The molecular formula is C19H28O2. The number of phenolic OH excluding ortho intramolecular Hbond substituents is 1. The van der Waals surface area contributed by atoms with Crippen LogP contribution in [-0.4, -0.2) is 16.3 Å². The van der Waals surface area contributed by atoms with E-state index in [-0.39, 0.29) is 11.5 Å². The molecular weight excluding hydrogens is 260 g/mol. The van der Waals surface area contributed by atoms with Gasteiger partial charge in [0.05, 0.1) is 6.10 Å². The summed E-state index contributed by atoms with van der Waals surface area (Å²) in [6.07, 6.45) is 5.49. The van der Waals surface area contributed by atoms with Gasteiger partial charge in [-0.05, 0) is 79.0 Å². The predicted octanol–water partition coefficient (Wildman–Crippen LogP) is 4.38. The van der Waals surface area contributed by atoms with Gasteiger partial charge in [-0.15, -0.1) is 0 Å². The summed E-state index contributed by atoms with van der Waals surface area (Å²) in [5.74, 6) is 2.24. The summed E-state index contributed by atoms with van der Waals surface area (Å²) in [4.78, 5) is 0. The fourth-order valence-corrected chi connectivity index (χ4v) is 5.29. The van der Waals surface area contributed by atoms with Crippen molar-refractivity contribution in [3.8, 4) is 5.75 Å². The lowest BCUT2D eigenvalue weighted by atomic mass is 9.57. The molecule has 0 aliphatic heterocycles. The van der Waals surface area contributed by atoms with Gasteiger partial charge in [-0.25, -0.2) is 0 Å². The third kappa shape index (κ3) is 2.28. The SMILES string of the molecule is CCC1C2CCC(O)C2(C)CC[C@@H]1c1ccc(O)cc1C. The van der Waals surface area contributed by atoms with Crippen molar-refractivity contribution in [2.45, 2.75) is 64.9 Å². The van der Waals surface area contributed by atoms with Crippen LogP contribution in [0.1, 0.15) is 63.0 Å². The third-order valence-corrected chi connectivity index (χ3v) is 6.51. The Morgan fingerprint density at radius 3 is 2.67 bits per heavy atom. The Morgan fingerprint density at radius 1 is 1.24 bits per heavy atom. The minimum atomic E-state index is -0.113. The second kappa shape index (κ2) is 5.31. The number of rotatable bonds is 2. The molecule has 0 aromatic heterocycles. The van der Waals surface area contributed by atoms with Crippen LogP contribution >= 0.6 is 0 Å². The zero-order valence-corrected chi connectivity index (χ0v) is 13.5. The molecule has 0 radical (unpaired) electrons. The molecule has 1 aromatic rings. The van der Waals surface area contributed by atoms with E-state index in [0.717, 1.165) is 19.3 Å². The number of hydrogen-bond acceptors (Lipinski definition) is 2. The molecule has 21 heavy (non-hydrogen) atoms. The first-order valence-electron chi connectivity index (χ1n) is 8.45. The molecule has 2 nitrogen and oxygen atoms in total. The zero-order chi connectivity index (χ0) is 15.2. The van der Waals surface area contributed by atoms with E-state index in [1.165, 1.54) is 24.0 Å². The highest BCUT2D eigenvalue weighted by molar-refractivity contribution is 5.37. The van der Waals surface area contributed by atoms with Crippen LogP contribution in [-0.2, 0) is 0 Å². The lowest BCUT2D eigenvalue weighted by molar-refractivity contribution is -0.0195. The molecule has 1 aromatic carbocycles. The van der Waals surface area contributed by atoms with Gasteiger partial charge in [0, 0.05) is 0 Å². The summed E-state index contributed by atoms with van der Waals surface area (Å²) >= 11 is 0. The third-order valence-electron chi connectivity index (χ3n) is 6.51. The second-order valence-electron chi connectivity index (χ2n) is 7.46. The maximum atomic E-state index is 10.4. The van der Waals surface area contributed by atoms with Crippen LogP contribution < -0.4 is 0 Å². The number of aliphatic hydroxyl groups excluding tert-OH is 1. The van der Waals surface area contributed by atoms with Crippen LogP contribution in [0.25, 0.3) is 0 Å². The monoisotopic (exact) mass is 288 g/mol. The normalized spacial score (nSPS) is 39.2. The van der Waals surface area contributed by atoms with Gasteiger partial charge in [-0.2, -0.15) is 0 Å². The van der Waals surface area contributed by atoms with Gasteiger partial charge < -0.3 is 10.2 Å². The van der Waals surface area contributed by atoms with E-state index >= 15 is 0 Å². The summed E-state index contributed by atoms with van der Waals surface area (Å²) in [6.45, 7) is 6.71. The van der Waals surface area contributed by atoms with E-state index in [1.807, 2.05) is 12.1 Å². The Labute approximate surface area is 128 Å². The molecule has 3 rings (SSSR count). The molecule has 2 heteroatoms. The highest BCUT2D eigenvalue weighted by atomic mass is 16.3. The fraction of sp³-hybridized carbons (Fsp3) is 0.684. The average Bonchev–Trinajstić information content (AvgIpc) is 2.74. The first-order valence-corrected chi connectivity index (χ1v) is 8.45. The predicted molar refractivity (Wildman–Crippen MR) is 85.4 cm³/mol. The van der Waals surface area contributed by atoms with E-state index in [1.54, 1.807) is 0 Å². The van der Waals surface area contributed by atoms with Gasteiger partial charge >= 0.3 is 0 Å². The molecule has 0 amide bonds. The molecule has 2 fully saturated rings. The minimum absolute atomic E-state index is 0.113. The quantitative estimate of drug-likeness (QED) is 0.847. The van der Waals surface area contributed by atoms with Crippen LogP contribution in [0, 0.1) is 24.2 Å². The summed E-state index contributed by atoms with van der Waals surface area (Å²) in [5.41, 5.74) is 2.74. The van der Waals surface area contributed by atoms with Crippen LogP contribution in [0.5, 0.6) is 5.75 Å². The Balaban J connectivity index is 1.94. The van der Waals surface area contributed by atoms with Crippen LogP contribution in [0.3, 0.4) is 0 Å². The summed E-state index contributed by atoms with van der Waals surface area (Å²) in [5, 5.41) is 20.1. The Hall–Kier alpha value is -1.02. The topological polar surface area (TPSA) is 40.5 Å². The Bertz CT molecular complexity index is 524. The molecule has 116 valence electrons. The first-order chi connectivity index (χ1) is 9.97. The smallest absolute Gasteiger partial charge is 0.115 e. The number of phenols is 1. The largest absolute Gasteiger partial charge is 0.508 e. The van der Waals surface area contributed by atoms with Crippen molar-refractivity contribution in [2.75, 3.05) is 0 Å². The summed E-state index contributed by atoms with van der Waals surface area (Å²) in [7, 11) is 0. The lowest BCUT2D eigenvalue weighted by Gasteiger charge is -2.48. The molecule has 0 saturated heterocycles. The molecule has 0 heterocycles.